The number of methoxy groups -OCH3 is 3. The monoisotopic (exact) mass is 357 g/mol. The Morgan fingerprint density at radius 3 is 2.08 bits per heavy atom. The van der Waals surface area contributed by atoms with Crippen molar-refractivity contribution in [3.63, 3.8) is 0 Å². The quantitative estimate of drug-likeness (QED) is 0.712. The number of benzene rings is 2. The van der Waals surface area contributed by atoms with Gasteiger partial charge in [0.1, 0.15) is 5.75 Å². The second kappa shape index (κ2) is 9.13. The van der Waals surface area contributed by atoms with Gasteiger partial charge in [-0.25, -0.2) is 0 Å². The third-order valence-corrected chi connectivity index (χ3v) is 4.52. The van der Waals surface area contributed by atoms with E-state index in [1.54, 1.807) is 33.5 Å². The zero-order valence-corrected chi connectivity index (χ0v) is 16.1. The molecule has 2 rings (SSSR count). The van der Waals surface area contributed by atoms with Gasteiger partial charge in [-0.15, -0.1) is 0 Å². The highest BCUT2D eigenvalue weighted by atomic mass is 16.5. The summed E-state index contributed by atoms with van der Waals surface area (Å²) in [7, 11) is 4.65. The third kappa shape index (κ3) is 4.28. The molecule has 0 N–H and O–H groups in total. The molecule has 0 aliphatic heterocycles. The van der Waals surface area contributed by atoms with E-state index in [1.807, 2.05) is 42.2 Å². The van der Waals surface area contributed by atoms with E-state index >= 15 is 0 Å². The van der Waals surface area contributed by atoms with E-state index in [0.717, 1.165) is 12.0 Å². The lowest BCUT2D eigenvalue weighted by molar-refractivity contribution is 0.0667. The maximum atomic E-state index is 13.3. The van der Waals surface area contributed by atoms with Gasteiger partial charge in [-0.2, -0.15) is 0 Å². The van der Waals surface area contributed by atoms with Gasteiger partial charge < -0.3 is 19.1 Å². The molecule has 0 saturated heterocycles. The van der Waals surface area contributed by atoms with Crippen molar-refractivity contribution in [1.29, 1.82) is 0 Å². The molecular weight excluding hydrogens is 330 g/mol. The smallest absolute Gasteiger partial charge is 0.258 e. The summed E-state index contributed by atoms with van der Waals surface area (Å²) in [5.41, 5.74) is 1.54. The summed E-state index contributed by atoms with van der Waals surface area (Å²) in [6.45, 7) is 4.65. The standard InChI is InChI=1S/C21H27NO4/c1-6-15(2)22(14-16-10-8-7-9-11-16)21(23)17-12-19(25-4)20(26-5)13-18(17)24-3/h7-13,15H,6,14H2,1-5H3/t15-/m1/s1. The minimum absolute atomic E-state index is 0.0838. The molecular formula is C21H27NO4. The molecule has 0 aromatic heterocycles. The maximum Gasteiger partial charge on any atom is 0.258 e. The van der Waals surface area contributed by atoms with Crippen LogP contribution < -0.4 is 14.2 Å². The van der Waals surface area contributed by atoms with Crippen LogP contribution >= 0.6 is 0 Å². The number of nitrogens with zero attached hydrogens (tertiary/aromatic N) is 1. The van der Waals surface area contributed by atoms with Crippen LogP contribution in [0.15, 0.2) is 42.5 Å². The topological polar surface area (TPSA) is 48.0 Å². The van der Waals surface area contributed by atoms with Gasteiger partial charge in [0.25, 0.3) is 5.91 Å². The highest BCUT2D eigenvalue weighted by molar-refractivity contribution is 5.98. The predicted molar refractivity (Wildman–Crippen MR) is 102 cm³/mol. The molecule has 0 fully saturated rings. The number of rotatable bonds is 8. The van der Waals surface area contributed by atoms with Crippen molar-refractivity contribution >= 4 is 5.91 Å². The van der Waals surface area contributed by atoms with Gasteiger partial charge in [0.2, 0.25) is 0 Å². The van der Waals surface area contributed by atoms with Crippen LogP contribution in [0, 0.1) is 0 Å². The second-order valence-electron chi connectivity index (χ2n) is 6.08. The fourth-order valence-electron chi connectivity index (χ4n) is 2.78. The lowest BCUT2D eigenvalue weighted by atomic mass is 10.1. The van der Waals surface area contributed by atoms with Crippen LogP contribution in [0.25, 0.3) is 0 Å². The van der Waals surface area contributed by atoms with Gasteiger partial charge in [-0.3, -0.25) is 4.79 Å². The second-order valence-corrected chi connectivity index (χ2v) is 6.08. The molecule has 140 valence electrons. The Morgan fingerprint density at radius 1 is 0.962 bits per heavy atom. The van der Waals surface area contributed by atoms with E-state index in [4.69, 9.17) is 14.2 Å². The fourth-order valence-corrected chi connectivity index (χ4v) is 2.78. The molecule has 2 aromatic carbocycles. The first kappa shape index (κ1) is 19.6. The zero-order valence-electron chi connectivity index (χ0n) is 16.1. The highest BCUT2D eigenvalue weighted by Crippen LogP contribution is 2.35. The summed E-state index contributed by atoms with van der Waals surface area (Å²) in [6, 6.07) is 13.4. The van der Waals surface area contributed by atoms with Gasteiger partial charge in [0.15, 0.2) is 11.5 Å². The van der Waals surface area contributed by atoms with Crippen LogP contribution in [-0.4, -0.2) is 38.2 Å². The first-order valence-electron chi connectivity index (χ1n) is 8.70. The molecule has 0 aliphatic carbocycles. The van der Waals surface area contributed by atoms with Crippen molar-refractivity contribution in [2.24, 2.45) is 0 Å². The molecule has 0 saturated carbocycles. The van der Waals surface area contributed by atoms with Crippen LogP contribution in [0.4, 0.5) is 0 Å². The Hall–Kier alpha value is -2.69. The average Bonchev–Trinajstić information content (AvgIpc) is 2.70. The van der Waals surface area contributed by atoms with Crippen LogP contribution in [0.5, 0.6) is 17.2 Å². The zero-order chi connectivity index (χ0) is 19.1. The molecule has 5 heteroatoms. The van der Waals surface area contributed by atoms with Crippen molar-refractivity contribution < 1.29 is 19.0 Å². The van der Waals surface area contributed by atoms with Gasteiger partial charge >= 0.3 is 0 Å². The van der Waals surface area contributed by atoms with Gasteiger partial charge in [0.05, 0.1) is 26.9 Å². The normalized spacial score (nSPS) is 11.6. The third-order valence-electron chi connectivity index (χ3n) is 4.52. The SMILES string of the molecule is CC[C@@H](C)N(Cc1ccccc1)C(=O)c1cc(OC)c(OC)cc1OC. The van der Waals surface area contributed by atoms with E-state index in [9.17, 15) is 4.79 Å². The van der Waals surface area contributed by atoms with E-state index in [2.05, 4.69) is 6.92 Å². The minimum atomic E-state index is -0.0963. The molecule has 1 atom stereocenters. The van der Waals surface area contributed by atoms with Crippen LogP contribution in [-0.2, 0) is 6.54 Å². The van der Waals surface area contributed by atoms with Crippen molar-refractivity contribution in [1.82, 2.24) is 4.90 Å². The minimum Gasteiger partial charge on any atom is -0.496 e. The average molecular weight is 357 g/mol. The first-order chi connectivity index (χ1) is 12.5. The fraction of sp³-hybridized carbons (Fsp3) is 0.381. The summed E-state index contributed by atoms with van der Waals surface area (Å²) in [4.78, 5) is 15.2. The summed E-state index contributed by atoms with van der Waals surface area (Å²) in [5, 5.41) is 0. The van der Waals surface area contributed by atoms with Gasteiger partial charge in [0, 0.05) is 24.7 Å². The number of hydrogen-bond acceptors (Lipinski definition) is 4. The van der Waals surface area contributed by atoms with Gasteiger partial charge in [-0.05, 0) is 18.9 Å². The summed E-state index contributed by atoms with van der Waals surface area (Å²) in [6.07, 6.45) is 0.855. The van der Waals surface area contributed by atoms with E-state index in [0.29, 0.717) is 29.4 Å². The molecule has 5 nitrogen and oxygen atoms in total. The molecule has 0 unspecified atom stereocenters. The molecule has 0 radical (unpaired) electrons. The van der Waals surface area contributed by atoms with Gasteiger partial charge in [-0.1, -0.05) is 37.3 Å². The Kier molecular flexibility index (Phi) is 6.89. The Morgan fingerprint density at radius 2 is 1.54 bits per heavy atom. The molecule has 0 aliphatic rings. The van der Waals surface area contributed by atoms with Crippen molar-refractivity contribution in [2.45, 2.75) is 32.9 Å². The number of hydrogen-bond donors (Lipinski definition) is 0. The Balaban J connectivity index is 2.44. The predicted octanol–water partition coefficient (Wildman–Crippen LogP) is 4.15. The molecule has 0 spiro atoms. The largest absolute Gasteiger partial charge is 0.496 e. The lowest BCUT2D eigenvalue weighted by Crippen LogP contribution is -2.38. The first-order valence-corrected chi connectivity index (χ1v) is 8.70. The van der Waals surface area contributed by atoms with Crippen molar-refractivity contribution in [3.05, 3.63) is 53.6 Å². The lowest BCUT2D eigenvalue weighted by Gasteiger charge is -2.29. The van der Waals surface area contributed by atoms with Crippen LogP contribution in [0.1, 0.15) is 36.2 Å². The van der Waals surface area contributed by atoms with Crippen LogP contribution in [0.2, 0.25) is 0 Å². The molecule has 1 amide bonds. The highest BCUT2D eigenvalue weighted by Gasteiger charge is 2.25. The number of carbonyl (C=O) groups excluding carboxylic acids is 1. The summed E-state index contributed by atoms with van der Waals surface area (Å²) < 4.78 is 16.1. The van der Waals surface area contributed by atoms with E-state index < -0.39 is 0 Å². The molecule has 2 aromatic rings. The number of carbonyl (C=O) groups is 1. The molecule has 0 bridgehead atoms. The van der Waals surface area contributed by atoms with Crippen molar-refractivity contribution in [3.8, 4) is 17.2 Å². The Labute approximate surface area is 155 Å². The molecule has 26 heavy (non-hydrogen) atoms. The maximum absolute atomic E-state index is 13.3. The molecule has 0 heterocycles. The Bertz CT molecular complexity index is 730. The van der Waals surface area contributed by atoms with Crippen molar-refractivity contribution in [2.75, 3.05) is 21.3 Å². The number of ether oxygens (including phenoxy) is 3. The summed E-state index contributed by atoms with van der Waals surface area (Å²) in [5.74, 6) is 1.40. The summed E-state index contributed by atoms with van der Waals surface area (Å²) >= 11 is 0. The van der Waals surface area contributed by atoms with E-state index in [-0.39, 0.29) is 11.9 Å². The van der Waals surface area contributed by atoms with Crippen LogP contribution in [0.3, 0.4) is 0 Å². The number of amides is 1. The van der Waals surface area contributed by atoms with E-state index in [1.165, 1.54) is 0 Å².